The van der Waals surface area contributed by atoms with Crippen LogP contribution in [0.15, 0.2) is 29.2 Å². The second-order valence-corrected chi connectivity index (χ2v) is 3.96. The van der Waals surface area contributed by atoms with Crippen LogP contribution in [-0.4, -0.2) is 12.5 Å². The summed E-state index contributed by atoms with van der Waals surface area (Å²) in [6.45, 7) is 2.08. The first-order valence-electron chi connectivity index (χ1n) is 4.35. The molecule has 0 fully saturated rings. The quantitative estimate of drug-likeness (QED) is 0.541. The maximum absolute atomic E-state index is 10.3. The fraction of sp³-hybridized carbons (Fsp3) is 0.364. The summed E-state index contributed by atoms with van der Waals surface area (Å²) in [5.41, 5.74) is 1.25. The van der Waals surface area contributed by atoms with Gasteiger partial charge in [-0.1, -0.05) is 19.1 Å². The average Bonchev–Trinajstić information content (AvgIpc) is 2.18. The van der Waals surface area contributed by atoms with E-state index in [9.17, 15) is 4.79 Å². The third-order valence-electron chi connectivity index (χ3n) is 2.11. The summed E-state index contributed by atoms with van der Waals surface area (Å²) in [5.74, 6) is 0.338. The molecule has 0 aliphatic heterocycles. The molecule has 0 heterocycles. The molecule has 1 nitrogen and oxygen atoms in total. The highest BCUT2D eigenvalue weighted by Gasteiger charge is 2.04. The zero-order valence-corrected chi connectivity index (χ0v) is 8.80. The predicted molar refractivity (Wildman–Crippen MR) is 57.3 cm³/mol. The topological polar surface area (TPSA) is 17.1 Å². The Morgan fingerprint density at radius 3 is 2.92 bits per heavy atom. The third kappa shape index (κ3) is 2.88. The van der Waals surface area contributed by atoms with Gasteiger partial charge in [0.2, 0.25) is 0 Å². The number of benzene rings is 1. The fourth-order valence-corrected chi connectivity index (χ4v) is 1.70. The number of aldehydes is 1. The van der Waals surface area contributed by atoms with Crippen LogP contribution in [0.1, 0.15) is 24.8 Å². The Kier molecular flexibility index (Phi) is 4.03. The summed E-state index contributed by atoms with van der Waals surface area (Å²) in [5, 5.41) is 0. The Hall–Kier alpha value is -0.760. The normalized spacial score (nSPS) is 12.5. The maximum Gasteiger partial charge on any atom is 0.120 e. The average molecular weight is 194 g/mol. The Labute approximate surface area is 83.5 Å². The van der Waals surface area contributed by atoms with Crippen LogP contribution in [0.5, 0.6) is 0 Å². The van der Waals surface area contributed by atoms with Gasteiger partial charge in [-0.15, -0.1) is 11.8 Å². The van der Waals surface area contributed by atoms with E-state index in [-0.39, 0.29) is 0 Å². The Morgan fingerprint density at radius 1 is 1.54 bits per heavy atom. The number of hydrogen-bond donors (Lipinski definition) is 0. The summed E-state index contributed by atoms with van der Waals surface area (Å²) in [6.07, 6.45) is 3.65. The molecule has 70 valence electrons. The lowest BCUT2D eigenvalue weighted by molar-refractivity contribution is -0.108. The summed E-state index contributed by atoms with van der Waals surface area (Å²) < 4.78 is 0. The second-order valence-electron chi connectivity index (χ2n) is 3.08. The highest BCUT2D eigenvalue weighted by atomic mass is 32.2. The van der Waals surface area contributed by atoms with Crippen molar-refractivity contribution < 1.29 is 4.79 Å². The third-order valence-corrected chi connectivity index (χ3v) is 2.84. The van der Waals surface area contributed by atoms with Crippen LogP contribution in [0.2, 0.25) is 0 Å². The lowest BCUT2D eigenvalue weighted by Gasteiger charge is -2.08. The number of carbonyl (C=O) groups is 1. The van der Waals surface area contributed by atoms with Crippen LogP contribution in [0.25, 0.3) is 0 Å². The molecule has 0 N–H and O–H groups in total. The van der Waals surface area contributed by atoms with Gasteiger partial charge >= 0.3 is 0 Å². The summed E-state index contributed by atoms with van der Waals surface area (Å²) >= 11 is 1.73. The molecular formula is C11H14OS. The van der Waals surface area contributed by atoms with Crippen molar-refractivity contribution in [1.82, 2.24) is 0 Å². The molecule has 1 aromatic rings. The monoisotopic (exact) mass is 194 g/mol. The van der Waals surface area contributed by atoms with Gasteiger partial charge in [-0.05, 0) is 29.9 Å². The smallest absolute Gasteiger partial charge is 0.120 e. The van der Waals surface area contributed by atoms with Gasteiger partial charge in [-0.25, -0.2) is 0 Å². The van der Waals surface area contributed by atoms with E-state index in [1.807, 2.05) is 6.07 Å². The first-order chi connectivity index (χ1) is 6.27. The molecule has 1 aromatic carbocycles. The zero-order chi connectivity index (χ0) is 9.68. The first-order valence-corrected chi connectivity index (χ1v) is 5.58. The van der Waals surface area contributed by atoms with E-state index in [2.05, 4.69) is 31.4 Å². The highest BCUT2D eigenvalue weighted by molar-refractivity contribution is 7.98. The van der Waals surface area contributed by atoms with Crippen molar-refractivity contribution in [2.24, 2.45) is 0 Å². The molecule has 0 bridgehead atoms. The second kappa shape index (κ2) is 5.07. The van der Waals surface area contributed by atoms with Crippen LogP contribution in [0.3, 0.4) is 0 Å². The lowest BCUT2D eigenvalue weighted by atomic mass is 9.99. The van der Waals surface area contributed by atoms with Crippen LogP contribution >= 0.6 is 11.8 Å². The molecule has 0 saturated carbocycles. The maximum atomic E-state index is 10.3. The van der Waals surface area contributed by atoms with Gasteiger partial charge in [0.1, 0.15) is 6.29 Å². The molecule has 13 heavy (non-hydrogen) atoms. The molecule has 0 saturated heterocycles. The van der Waals surface area contributed by atoms with E-state index < -0.39 is 0 Å². The minimum atomic E-state index is 0.338. The van der Waals surface area contributed by atoms with E-state index >= 15 is 0 Å². The molecular weight excluding hydrogens is 180 g/mol. The molecule has 1 unspecified atom stereocenters. The number of thioether (sulfide) groups is 1. The largest absolute Gasteiger partial charge is 0.303 e. The van der Waals surface area contributed by atoms with Gasteiger partial charge in [0.15, 0.2) is 0 Å². The summed E-state index contributed by atoms with van der Waals surface area (Å²) in [7, 11) is 0. The predicted octanol–water partition coefficient (Wildman–Crippen LogP) is 3.10. The van der Waals surface area contributed by atoms with E-state index in [1.165, 1.54) is 10.5 Å². The van der Waals surface area contributed by atoms with E-state index in [1.54, 1.807) is 11.8 Å². The Morgan fingerprint density at radius 2 is 2.31 bits per heavy atom. The molecule has 0 radical (unpaired) electrons. The van der Waals surface area contributed by atoms with Crippen LogP contribution < -0.4 is 0 Å². The molecule has 0 aliphatic rings. The van der Waals surface area contributed by atoms with Gasteiger partial charge in [0.05, 0.1) is 0 Å². The molecule has 0 aliphatic carbocycles. The van der Waals surface area contributed by atoms with Gasteiger partial charge in [-0.2, -0.15) is 0 Å². The highest BCUT2D eigenvalue weighted by Crippen LogP contribution is 2.22. The van der Waals surface area contributed by atoms with Gasteiger partial charge < -0.3 is 4.79 Å². The SMILES string of the molecule is CSc1cccc(C(C)CC=O)c1. The zero-order valence-electron chi connectivity index (χ0n) is 7.99. The lowest BCUT2D eigenvalue weighted by Crippen LogP contribution is -1.93. The van der Waals surface area contributed by atoms with E-state index in [0.29, 0.717) is 12.3 Å². The number of hydrogen-bond acceptors (Lipinski definition) is 2. The van der Waals surface area contributed by atoms with Gasteiger partial charge in [-0.3, -0.25) is 0 Å². The fourth-order valence-electron chi connectivity index (χ4n) is 1.23. The van der Waals surface area contributed by atoms with Crippen molar-refractivity contribution >= 4 is 18.0 Å². The van der Waals surface area contributed by atoms with Gasteiger partial charge in [0.25, 0.3) is 0 Å². The van der Waals surface area contributed by atoms with Crippen molar-refractivity contribution in [2.45, 2.75) is 24.2 Å². The molecule has 0 spiro atoms. The standard InChI is InChI=1S/C11H14OS/c1-9(6-7-12)10-4-3-5-11(8-10)13-2/h3-5,7-9H,6H2,1-2H3. The molecule has 0 aromatic heterocycles. The number of carbonyl (C=O) groups excluding carboxylic acids is 1. The molecule has 0 amide bonds. The van der Waals surface area contributed by atoms with Crippen molar-refractivity contribution in [3.63, 3.8) is 0 Å². The van der Waals surface area contributed by atoms with Crippen molar-refractivity contribution in [3.8, 4) is 0 Å². The summed E-state index contributed by atoms with van der Waals surface area (Å²) in [4.78, 5) is 11.6. The Bertz CT molecular complexity index is 283. The number of rotatable bonds is 4. The molecule has 1 atom stereocenters. The molecule has 2 heteroatoms. The Balaban J connectivity index is 2.81. The van der Waals surface area contributed by atoms with Crippen LogP contribution in [-0.2, 0) is 4.79 Å². The minimum Gasteiger partial charge on any atom is -0.303 e. The van der Waals surface area contributed by atoms with Crippen molar-refractivity contribution in [2.75, 3.05) is 6.26 Å². The minimum absolute atomic E-state index is 0.338. The van der Waals surface area contributed by atoms with Crippen LogP contribution in [0.4, 0.5) is 0 Å². The van der Waals surface area contributed by atoms with Crippen molar-refractivity contribution in [3.05, 3.63) is 29.8 Å². The van der Waals surface area contributed by atoms with E-state index in [0.717, 1.165) is 6.29 Å². The van der Waals surface area contributed by atoms with Gasteiger partial charge in [0, 0.05) is 11.3 Å². The van der Waals surface area contributed by atoms with Crippen molar-refractivity contribution in [1.29, 1.82) is 0 Å². The van der Waals surface area contributed by atoms with E-state index in [4.69, 9.17) is 0 Å². The molecule has 1 rings (SSSR count). The van der Waals surface area contributed by atoms with Crippen LogP contribution in [0, 0.1) is 0 Å². The summed E-state index contributed by atoms with van der Waals surface area (Å²) in [6, 6.07) is 8.36. The first kappa shape index (κ1) is 10.3.